The van der Waals surface area contributed by atoms with Gasteiger partial charge in [-0.3, -0.25) is 0 Å². The van der Waals surface area contributed by atoms with E-state index in [4.69, 9.17) is 30.5 Å². The zero-order valence-corrected chi connectivity index (χ0v) is 27.5. The molecule has 2 aromatic rings. The number of aryl methyl sites for hydroxylation is 2. The molecular formula is C35H48ClF5O4. The molecular weight excluding hydrogens is 615 g/mol. The van der Waals surface area contributed by atoms with E-state index >= 15 is 0 Å². The molecule has 0 N–H and O–H groups in total. The number of hydrogen-bond acceptors (Lipinski definition) is 4. The van der Waals surface area contributed by atoms with Crippen molar-refractivity contribution in [1.82, 2.24) is 0 Å². The quantitative estimate of drug-likeness (QED) is 0.158. The molecule has 2 aromatic carbocycles. The molecule has 0 atom stereocenters. The summed E-state index contributed by atoms with van der Waals surface area (Å²) in [4.78, 5) is 0. The molecule has 0 radical (unpaired) electrons. The Balaban J connectivity index is 0.000000246. The Morgan fingerprint density at radius 3 is 1.71 bits per heavy atom. The summed E-state index contributed by atoms with van der Waals surface area (Å²) >= 11 is 5.71. The van der Waals surface area contributed by atoms with Crippen molar-refractivity contribution >= 4 is 11.6 Å². The highest BCUT2D eigenvalue weighted by molar-refractivity contribution is 6.31. The maximum atomic E-state index is 13.5. The summed E-state index contributed by atoms with van der Waals surface area (Å²) in [6, 6.07) is 6.65. The average molecular weight is 663 g/mol. The Labute approximate surface area is 269 Å². The number of rotatable bonds is 13. The molecule has 10 heteroatoms. The van der Waals surface area contributed by atoms with Crippen LogP contribution in [0.1, 0.15) is 93.9 Å². The minimum atomic E-state index is -4.42. The van der Waals surface area contributed by atoms with Crippen molar-refractivity contribution in [3.8, 4) is 0 Å². The summed E-state index contributed by atoms with van der Waals surface area (Å²) in [5, 5.41) is -0.265. The lowest BCUT2D eigenvalue weighted by Crippen LogP contribution is -2.32. The molecule has 2 heterocycles. The van der Waals surface area contributed by atoms with Crippen molar-refractivity contribution in [2.75, 3.05) is 26.4 Å². The van der Waals surface area contributed by atoms with Crippen LogP contribution in [0.3, 0.4) is 0 Å². The normalized spacial score (nSPS) is 22.2. The Hall–Kier alpha value is -1.78. The van der Waals surface area contributed by atoms with Gasteiger partial charge in [0.25, 0.3) is 0 Å². The zero-order valence-electron chi connectivity index (χ0n) is 26.7. The van der Waals surface area contributed by atoms with Crippen LogP contribution in [-0.4, -0.2) is 39.0 Å². The minimum Gasteiger partial charge on any atom is -0.352 e. The third-order valence-corrected chi connectivity index (χ3v) is 8.56. The second kappa shape index (κ2) is 19.1. The van der Waals surface area contributed by atoms with Gasteiger partial charge in [0, 0.05) is 30.2 Å². The maximum Gasteiger partial charge on any atom is 0.417 e. The molecule has 0 spiro atoms. The number of hydrogen-bond donors (Lipinski definition) is 0. The summed E-state index contributed by atoms with van der Waals surface area (Å²) in [5.74, 6) is -0.0469. The van der Waals surface area contributed by atoms with E-state index in [2.05, 4.69) is 13.8 Å². The molecule has 0 aliphatic carbocycles. The van der Waals surface area contributed by atoms with Crippen LogP contribution in [-0.2, 0) is 38.0 Å². The Bertz CT molecular complexity index is 1120. The van der Waals surface area contributed by atoms with Gasteiger partial charge in [0.05, 0.1) is 37.0 Å². The molecule has 2 aliphatic rings. The van der Waals surface area contributed by atoms with Gasteiger partial charge in [-0.1, -0.05) is 63.6 Å². The molecule has 254 valence electrons. The lowest BCUT2D eigenvalue weighted by atomic mass is 10.0. The third kappa shape index (κ3) is 13.1. The summed E-state index contributed by atoms with van der Waals surface area (Å²) < 4.78 is 87.7. The third-order valence-electron chi connectivity index (χ3n) is 8.25. The lowest BCUT2D eigenvalue weighted by molar-refractivity contribution is -0.203. The first-order valence-corrected chi connectivity index (χ1v) is 16.6. The van der Waals surface area contributed by atoms with Crippen molar-refractivity contribution in [3.05, 3.63) is 69.2 Å². The van der Waals surface area contributed by atoms with Crippen molar-refractivity contribution in [2.45, 2.75) is 110 Å². The van der Waals surface area contributed by atoms with E-state index in [1.807, 2.05) is 0 Å². The number of ether oxygens (including phenoxy) is 4. The summed E-state index contributed by atoms with van der Waals surface area (Å²) in [6.07, 6.45) is 5.81. The van der Waals surface area contributed by atoms with Gasteiger partial charge in [-0.05, 0) is 68.0 Å². The number of alkyl halides is 3. The van der Waals surface area contributed by atoms with E-state index in [-0.39, 0.29) is 23.2 Å². The van der Waals surface area contributed by atoms with Gasteiger partial charge < -0.3 is 18.9 Å². The fourth-order valence-corrected chi connectivity index (χ4v) is 5.77. The van der Waals surface area contributed by atoms with Crippen molar-refractivity contribution < 1.29 is 40.9 Å². The highest BCUT2D eigenvalue weighted by atomic mass is 35.5. The van der Waals surface area contributed by atoms with Crippen LogP contribution in [0.15, 0.2) is 30.3 Å². The van der Waals surface area contributed by atoms with Gasteiger partial charge in [0.15, 0.2) is 12.6 Å². The Kier molecular flexibility index (Phi) is 16.0. The van der Waals surface area contributed by atoms with E-state index < -0.39 is 23.4 Å². The van der Waals surface area contributed by atoms with Gasteiger partial charge in [-0.25, -0.2) is 8.78 Å². The molecule has 45 heavy (non-hydrogen) atoms. The van der Waals surface area contributed by atoms with Crippen LogP contribution in [0.5, 0.6) is 0 Å². The van der Waals surface area contributed by atoms with E-state index in [1.54, 1.807) is 0 Å². The van der Waals surface area contributed by atoms with E-state index in [0.717, 1.165) is 44.1 Å². The predicted octanol–water partition coefficient (Wildman–Crippen LogP) is 10.2. The van der Waals surface area contributed by atoms with E-state index in [1.165, 1.54) is 56.9 Å². The highest BCUT2D eigenvalue weighted by Crippen LogP contribution is 2.35. The zero-order chi connectivity index (χ0) is 32.8. The van der Waals surface area contributed by atoms with Gasteiger partial charge in [-0.2, -0.15) is 13.2 Å². The second-order valence-electron chi connectivity index (χ2n) is 12.1. The van der Waals surface area contributed by atoms with Gasteiger partial charge in [0.2, 0.25) is 0 Å². The van der Waals surface area contributed by atoms with E-state index in [0.29, 0.717) is 56.3 Å². The number of halogens is 6. The molecule has 4 rings (SSSR count). The predicted molar refractivity (Wildman–Crippen MR) is 166 cm³/mol. The first kappa shape index (κ1) is 37.7. The van der Waals surface area contributed by atoms with Crippen LogP contribution in [0.4, 0.5) is 22.0 Å². The van der Waals surface area contributed by atoms with Crippen molar-refractivity contribution in [2.24, 2.45) is 11.8 Å². The molecule has 2 aliphatic heterocycles. The molecule has 0 saturated carbocycles. The van der Waals surface area contributed by atoms with Crippen LogP contribution in [0, 0.1) is 30.4 Å². The van der Waals surface area contributed by atoms with Gasteiger partial charge in [0.1, 0.15) is 11.6 Å². The maximum absolute atomic E-state index is 13.5. The van der Waals surface area contributed by atoms with Crippen LogP contribution in [0.2, 0.25) is 5.02 Å². The SMILES string of the molecule is CCCC1COC(CCc2ccc(C(F)(F)F)c(Cl)c2)OC1.CCCCCCC1COC(CCc2cc(F)c(C)c(F)c2)OC1. The molecule has 0 bridgehead atoms. The smallest absolute Gasteiger partial charge is 0.352 e. The van der Waals surface area contributed by atoms with Crippen molar-refractivity contribution in [3.63, 3.8) is 0 Å². The fraction of sp³-hybridized carbons (Fsp3) is 0.657. The number of benzene rings is 2. The topological polar surface area (TPSA) is 36.9 Å². The van der Waals surface area contributed by atoms with Crippen LogP contribution in [0.25, 0.3) is 0 Å². The summed E-state index contributed by atoms with van der Waals surface area (Å²) in [6.45, 7) is 8.62. The van der Waals surface area contributed by atoms with Gasteiger partial charge in [-0.15, -0.1) is 0 Å². The fourth-order valence-electron chi connectivity index (χ4n) is 5.46. The highest BCUT2D eigenvalue weighted by Gasteiger charge is 2.33. The Morgan fingerprint density at radius 2 is 1.22 bits per heavy atom. The monoisotopic (exact) mass is 662 g/mol. The molecule has 0 aromatic heterocycles. The molecule has 2 saturated heterocycles. The lowest BCUT2D eigenvalue weighted by Gasteiger charge is -2.29. The van der Waals surface area contributed by atoms with Crippen LogP contribution >= 0.6 is 11.6 Å². The first-order valence-electron chi connectivity index (χ1n) is 16.3. The molecule has 0 unspecified atom stereocenters. The van der Waals surface area contributed by atoms with E-state index in [9.17, 15) is 22.0 Å². The first-order chi connectivity index (χ1) is 21.5. The average Bonchev–Trinajstić information content (AvgIpc) is 3.01. The minimum absolute atomic E-state index is 0.0739. The summed E-state index contributed by atoms with van der Waals surface area (Å²) in [7, 11) is 0. The largest absolute Gasteiger partial charge is 0.417 e. The second-order valence-corrected chi connectivity index (χ2v) is 12.5. The standard InChI is InChI=1S/C19H28F2O2.C16H20ClF3O2/c1-3-4-5-6-7-16-12-22-19(23-13-16)9-8-15-10-17(20)14(2)18(21)11-15;1-2-3-12-9-21-15(22-10-12)7-5-11-4-6-13(14(17)8-11)16(18,19)20/h10-11,16,19H,3-9,12-13H2,1-2H3;4,6,8,12,15H,2-3,5,7,9-10H2,1H3. The Morgan fingerprint density at radius 1 is 0.689 bits per heavy atom. The van der Waals surface area contributed by atoms with Gasteiger partial charge >= 0.3 is 6.18 Å². The number of unbranched alkanes of at least 4 members (excludes halogenated alkanes) is 3. The molecule has 2 fully saturated rings. The van der Waals surface area contributed by atoms with Crippen molar-refractivity contribution in [1.29, 1.82) is 0 Å². The molecule has 4 nitrogen and oxygen atoms in total. The van der Waals surface area contributed by atoms with Crippen LogP contribution < -0.4 is 0 Å². The molecule has 0 amide bonds. The summed E-state index contributed by atoms with van der Waals surface area (Å²) in [5.41, 5.74) is 0.677.